The second-order valence-electron chi connectivity index (χ2n) is 9.61. The molecule has 0 radical (unpaired) electrons. The van der Waals surface area contributed by atoms with E-state index in [1.54, 1.807) is 66.7 Å². The Balaban J connectivity index is 1.35. The second kappa shape index (κ2) is 14.2. The molecule has 0 aliphatic heterocycles. The van der Waals surface area contributed by atoms with Gasteiger partial charge in [0.1, 0.15) is 28.8 Å². The van der Waals surface area contributed by atoms with Gasteiger partial charge in [-0.25, -0.2) is 9.18 Å². The molecule has 1 unspecified atom stereocenters. The van der Waals surface area contributed by atoms with Crippen LogP contribution in [0.3, 0.4) is 0 Å². The van der Waals surface area contributed by atoms with Crippen molar-refractivity contribution in [3.63, 3.8) is 0 Å². The summed E-state index contributed by atoms with van der Waals surface area (Å²) in [6.07, 6.45) is 1.92. The van der Waals surface area contributed by atoms with Crippen LogP contribution < -0.4 is 14.2 Å². The molecule has 214 valence electrons. The van der Waals surface area contributed by atoms with Crippen LogP contribution in [0.15, 0.2) is 84.9 Å². The van der Waals surface area contributed by atoms with Gasteiger partial charge in [-0.3, -0.25) is 0 Å². The molecule has 0 spiro atoms. The van der Waals surface area contributed by atoms with Crippen molar-refractivity contribution in [2.75, 3.05) is 13.2 Å². The van der Waals surface area contributed by atoms with E-state index in [0.717, 1.165) is 35.1 Å². The third-order valence-electron chi connectivity index (χ3n) is 6.69. The van der Waals surface area contributed by atoms with E-state index in [2.05, 4.69) is 6.92 Å². The van der Waals surface area contributed by atoms with Crippen molar-refractivity contribution in [1.82, 2.24) is 0 Å². The Labute approximate surface area is 240 Å². The summed E-state index contributed by atoms with van der Waals surface area (Å²) in [5, 5.41) is 20.5. The van der Waals surface area contributed by atoms with Crippen LogP contribution in [0.1, 0.15) is 49.5 Å². The molecule has 6 nitrogen and oxygen atoms in total. The van der Waals surface area contributed by atoms with E-state index >= 15 is 0 Å². The number of carboxylic acids is 1. The van der Waals surface area contributed by atoms with Crippen molar-refractivity contribution in [3.8, 4) is 34.1 Å². The summed E-state index contributed by atoms with van der Waals surface area (Å²) >= 11 is 0. The Bertz CT molecular complexity index is 1420. The van der Waals surface area contributed by atoms with Gasteiger partial charge in [-0.1, -0.05) is 62.7 Å². The van der Waals surface area contributed by atoms with E-state index in [1.165, 1.54) is 12.1 Å². The third kappa shape index (κ3) is 7.57. The number of phenols is 1. The molecule has 41 heavy (non-hydrogen) atoms. The maximum Gasteiger partial charge on any atom is 0.349 e. The first-order valence-electron chi connectivity index (χ1n) is 13.8. The summed E-state index contributed by atoms with van der Waals surface area (Å²) in [6, 6.07) is 23.4. The largest absolute Gasteiger partial charge is 0.507 e. The topological polar surface area (TPSA) is 85.2 Å². The number of aromatic hydroxyl groups is 1. The number of carboxylic acid groups (broad SMARTS) is 1. The highest BCUT2D eigenvalue weighted by atomic mass is 19.1. The van der Waals surface area contributed by atoms with Crippen molar-refractivity contribution in [2.24, 2.45) is 0 Å². The highest BCUT2D eigenvalue weighted by molar-refractivity contribution is 5.77. The van der Waals surface area contributed by atoms with Crippen LogP contribution in [0.5, 0.6) is 23.0 Å². The molecule has 0 aliphatic carbocycles. The van der Waals surface area contributed by atoms with Gasteiger partial charge in [-0.2, -0.15) is 0 Å². The fraction of sp³-hybridized carbons (Fsp3) is 0.265. The Kier molecular flexibility index (Phi) is 10.2. The van der Waals surface area contributed by atoms with Crippen LogP contribution in [0.2, 0.25) is 0 Å². The fourth-order valence-corrected chi connectivity index (χ4v) is 4.79. The number of hydrogen-bond donors (Lipinski definition) is 2. The van der Waals surface area contributed by atoms with Crippen molar-refractivity contribution in [3.05, 3.63) is 107 Å². The summed E-state index contributed by atoms with van der Waals surface area (Å²) in [4.78, 5) is 11.7. The summed E-state index contributed by atoms with van der Waals surface area (Å²) in [5.41, 5.74) is 4.11. The highest BCUT2D eigenvalue weighted by Gasteiger charge is 2.22. The number of aliphatic carboxylic acids is 1. The minimum Gasteiger partial charge on any atom is -0.507 e. The average Bonchev–Trinajstić information content (AvgIpc) is 2.98. The normalized spacial score (nSPS) is 11.6. The lowest BCUT2D eigenvalue weighted by Crippen LogP contribution is -2.18. The Morgan fingerprint density at radius 1 is 0.854 bits per heavy atom. The quantitative estimate of drug-likeness (QED) is 0.154. The number of rotatable bonds is 14. The zero-order valence-electron chi connectivity index (χ0n) is 23.3. The minimum absolute atomic E-state index is 0.110. The summed E-state index contributed by atoms with van der Waals surface area (Å²) < 4.78 is 31.1. The standard InChI is InChI=1S/C34H35FO6/c1-3-9-29-28(4-2)32(23-12-14-25(35)15-13-23)30(36)22-31(29)40-21-8-20-39-26-16-18-27(19-17-26)41-33(34(37)38)24-10-6-5-7-11-24/h5-7,10-19,22,33,36H,3-4,8-9,20-21H2,1-2H3,(H,37,38). The Morgan fingerprint density at radius 3 is 2.15 bits per heavy atom. The Hall–Kier alpha value is -4.52. The number of phenolic OH excluding ortho intramolecular Hbond substituents is 1. The molecule has 0 amide bonds. The number of hydrogen-bond acceptors (Lipinski definition) is 5. The lowest BCUT2D eigenvalue weighted by molar-refractivity contribution is -0.145. The number of benzene rings is 4. The third-order valence-corrected chi connectivity index (χ3v) is 6.69. The molecule has 0 saturated carbocycles. The van der Waals surface area contributed by atoms with Crippen LogP contribution in [-0.2, 0) is 17.6 Å². The fourth-order valence-electron chi connectivity index (χ4n) is 4.79. The zero-order chi connectivity index (χ0) is 29.2. The van der Waals surface area contributed by atoms with Gasteiger partial charge in [0.25, 0.3) is 0 Å². The lowest BCUT2D eigenvalue weighted by Gasteiger charge is -2.20. The second-order valence-corrected chi connectivity index (χ2v) is 9.61. The molecule has 1 atom stereocenters. The van der Waals surface area contributed by atoms with Gasteiger partial charge in [0, 0.05) is 23.6 Å². The first kappa shape index (κ1) is 29.5. The van der Waals surface area contributed by atoms with E-state index < -0.39 is 12.1 Å². The molecule has 0 heterocycles. The van der Waals surface area contributed by atoms with Gasteiger partial charge in [0.05, 0.1) is 13.2 Å². The van der Waals surface area contributed by atoms with E-state index in [0.29, 0.717) is 48.9 Å². The average molecular weight is 559 g/mol. The van der Waals surface area contributed by atoms with E-state index in [-0.39, 0.29) is 11.6 Å². The van der Waals surface area contributed by atoms with Crippen molar-refractivity contribution in [2.45, 2.75) is 45.6 Å². The van der Waals surface area contributed by atoms with Gasteiger partial charge in [-0.15, -0.1) is 0 Å². The summed E-state index contributed by atoms with van der Waals surface area (Å²) in [7, 11) is 0. The summed E-state index contributed by atoms with van der Waals surface area (Å²) in [6.45, 7) is 4.94. The lowest BCUT2D eigenvalue weighted by atomic mass is 9.90. The van der Waals surface area contributed by atoms with Gasteiger partial charge >= 0.3 is 5.97 Å². The minimum atomic E-state index is -1.10. The van der Waals surface area contributed by atoms with E-state index in [9.17, 15) is 19.4 Å². The Morgan fingerprint density at radius 2 is 1.51 bits per heavy atom. The van der Waals surface area contributed by atoms with Crippen molar-refractivity contribution < 1.29 is 33.6 Å². The first-order valence-corrected chi connectivity index (χ1v) is 13.8. The monoisotopic (exact) mass is 558 g/mol. The van der Waals surface area contributed by atoms with E-state index in [1.807, 2.05) is 13.0 Å². The molecule has 0 aromatic heterocycles. The summed E-state index contributed by atoms with van der Waals surface area (Å²) in [5.74, 6) is 0.435. The van der Waals surface area contributed by atoms with Crippen molar-refractivity contribution in [1.29, 1.82) is 0 Å². The SMILES string of the molecule is CCCc1c(OCCCOc2ccc(OC(C(=O)O)c3ccccc3)cc2)cc(O)c(-c2ccc(F)cc2)c1CC. The number of halogens is 1. The maximum atomic E-state index is 13.5. The molecular formula is C34H35FO6. The molecule has 4 rings (SSSR count). The van der Waals surface area contributed by atoms with Gasteiger partial charge in [0.2, 0.25) is 6.10 Å². The van der Waals surface area contributed by atoms with Crippen LogP contribution in [0.25, 0.3) is 11.1 Å². The predicted octanol–water partition coefficient (Wildman–Crippen LogP) is 7.77. The van der Waals surface area contributed by atoms with Gasteiger partial charge < -0.3 is 24.4 Å². The zero-order valence-corrected chi connectivity index (χ0v) is 23.3. The van der Waals surface area contributed by atoms with Crippen LogP contribution in [0, 0.1) is 5.82 Å². The van der Waals surface area contributed by atoms with Crippen molar-refractivity contribution >= 4 is 5.97 Å². The molecule has 4 aromatic rings. The number of ether oxygens (including phenoxy) is 3. The number of carbonyl (C=O) groups is 1. The van der Waals surface area contributed by atoms with E-state index in [4.69, 9.17) is 14.2 Å². The van der Waals surface area contributed by atoms with Crippen LogP contribution >= 0.6 is 0 Å². The highest BCUT2D eigenvalue weighted by Crippen LogP contribution is 2.41. The predicted molar refractivity (Wildman–Crippen MR) is 156 cm³/mol. The molecule has 7 heteroatoms. The molecule has 4 aromatic carbocycles. The smallest absolute Gasteiger partial charge is 0.349 e. The molecule has 0 fully saturated rings. The molecule has 0 saturated heterocycles. The van der Waals surface area contributed by atoms with Crippen LogP contribution in [0.4, 0.5) is 4.39 Å². The molecule has 2 N–H and O–H groups in total. The van der Waals surface area contributed by atoms with Gasteiger partial charge in [0.15, 0.2) is 0 Å². The molecule has 0 aliphatic rings. The first-order chi connectivity index (χ1) is 19.9. The van der Waals surface area contributed by atoms with Crippen LogP contribution in [-0.4, -0.2) is 29.4 Å². The molecular weight excluding hydrogens is 523 g/mol. The maximum absolute atomic E-state index is 13.5. The molecule has 0 bridgehead atoms. The van der Waals surface area contributed by atoms with Gasteiger partial charge in [-0.05, 0) is 65.9 Å².